The fourth-order valence-electron chi connectivity index (χ4n) is 3.39. The zero-order chi connectivity index (χ0) is 21.5. The first-order chi connectivity index (χ1) is 14.5. The maximum atomic E-state index is 13.9. The summed E-state index contributed by atoms with van der Waals surface area (Å²) in [4.78, 5) is 14.0. The number of nitrogens with zero attached hydrogens (tertiary/aromatic N) is 4. The van der Waals surface area contributed by atoms with E-state index in [1.807, 2.05) is 26.1 Å². The molecule has 2 N–H and O–H groups in total. The number of piperazine rings is 1. The number of hydrogen-bond donors (Lipinski definition) is 2. The summed E-state index contributed by atoms with van der Waals surface area (Å²) in [6.07, 6.45) is 1.90. The van der Waals surface area contributed by atoms with Crippen LogP contribution in [-0.4, -0.2) is 55.6 Å². The molecule has 1 fully saturated rings. The number of guanidine groups is 1. The first kappa shape index (κ1) is 22.0. The van der Waals surface area contributed by atoms with Gasteiger partial charge in [0, 0.05) is 38.9 Å². The number of pyridine rings is 1. The van der Waals surface area contributed by atoms with Crippen LogP contribution in [0.25, 0.3) is 0 Å². The highest BCUT2D eigenvalue weighted by Gasteiger charge is 2.15. The van der Waals surface area contributed by atoms with Crippen molar-refractivity contribution < 1.29 is 4.39 Å². The van der Waals surface area contributed by atoms with Crippen molar-refractivity contribution in [3.63, 3.8) is 0 Å². The number of aryl methyl sites for hydroxylation is 1. The third kappa shape index (κ3) is 5.92. The predicted octanol–water partition coefficient (Wildman–Crippen LogP) is 3.10. The minimum atomic E-state index is -0.186. The van der Waals surface area contributed by atoms with Gasteiger partial charge in [0.1, 0.15) is 11.6 Å². The second kappa shape index (κ2) is 10.4. The van der Waals surface area contributed by atoms with Gasteiger partial charge in [-0.15, -0.1) is 0 Å². The number of halogens is 1. The number of aromatic nitrogens is 1. The molecular weight excluding hydrogens is 379 g/mol. The quantitative estimate of drug-likeness (QED) is 0.564. The van der Waals surface area contributed by atoms with Gasteiger partial charge in [0.05, 0.1) is 12.6 Å². The van der Waals surface area contributed by atoms with Gasteiger partial charge in [-0.25, -0.2) is 14.4 Å². The van der Waals surface area contributed by atoms with Gasteiger partial charge in [-0.05, 0) is 56.6 Å². The molecule has 7 heteroatoms. The number of nitrogens with one attached hydrogen (secondary N) is 2. The highest BCUT2D eigenvalue weighted by molar-refractivity contribution is 5.80. The van der Waals surface area contributed by atoms with Crippen molar-refractivity contribution in [1.82, 2.24) is 20.5 Å². The van der Waals surface area contributed by atoms with Crippen molar-refractivity contribution in [3.8, 4) is 0 Å². The van der Waals surface area contributed by atoms with Crippen LogP contribution in [-0.2, 0) is 6.54 Å². The number of hydrogen-bond acceptors (Lipinski definition) is 4. The molecular formula is C23H33FN6. The van der Waals surface area contributed by atoms with E-state index in [4.69, 9.17) is 0 Å². The van der Waals surface area contributed by atoms with Crippen molar-refractivity contribution in [2.45, 2.75) is 33.4 Å². The molecule has 1 atom stereocenters. The molecule has 2 aromatic rings. The summed E-state index contributed by atoms with van der Waals surface area (Å²) in [5, 5.41) is 6.62. The Labute approximate surface area is 179 Å². The normalized spacial score (nSPS) is 16.4. The van der Waals surface area contributed by atoms with Gasteiger partial charge in [-0.3, -0.25) is 0 Å². The first-order valence-electron chi connectivity index (χ1n) is 10.7. The Hall–Kier alpha value is -2.67. The van der Waals surface area contributed by atoms with Crippen LogP contribution < -0.4 is 15.5 Å². The maximum Gasteiger partial charge on any atom is 0.192 e. The molecule has 1 saturated heterocycles. The molecule has 1 aliphatic heterocycles. The summed E-state index contributed by atoms with van der Waals surface area (Å²) in [6.45, 7) is 11.2. The van der Waals surface area contributed by atoms with Gasteiger partial charge in [-0.1, -0.05) is 18.2 Å². The zero-order valence-corrected chi connectivity index (χ0v) is 18.5. The van der Waals surface area contributed by atoms with Gasteiger partial charge in [-0.2, -0.15) is 0 Å². The lowest BCUT2D eigenvalue weighted by Gasteiger charge is -2.33. The van der Waals surface area contributed by atoms with E-state index in [1.165, 1.54) is 0 Å². The van der Waals surface area contributed by atoms with Crippen molar-refractivity contribution in [3.05, 3.63) is 59.0 Å². The third-order valence-electron chi connectivity index (χ3n) is 5.45. The van der Waals surface area contributed by atoms with Crippen LogP contribution in [0, 0.1) is 12.7 Å². The van der Waals surface area contributed by atoms with E-state index in [-0.39, 0.29) is 11.9 Å². The molecule has 0 radical (unpaired) electrons. The highest BCUT2D eigenvalue weighted by atomic mass is 19.1. The standard InChI is InChI=1S/C23H33FN6/c1-5-25-23(28-18(3)20-8-6-17(2)21(24)14-20)27-16-19-7-9-22(26-15-19)30-12-10-29(4)11-13-30/h6-9,14-15,18H,5,10-13,16H2,1-4H3,(H2,25,27,28). The minimum absolute atomic E-state index is 0.0596. The lowest BCUT2D eigenvalue weighted by atomic mass is 10.1. The summed E-state index contributed by atoms with van der Waals surface area (Å²) in [5.41, 5.74) is 2.60. The summed E-state index contributed by atoms with van der Waals surface area (Å²) < 4.78 is 13.9. The van der Waals surface area contributed by atoms with E-state index in [9.17, 15) is 4.39 Å². The smallest absolute Gasteiger partial charge is 0.192 e. The molecule has 1 aliphatic rings. The van der Waals surface area contributed by atoms with E-state index in [0.717, 1.165) is 49.7 Å². The van der Waals surface area contributed by atoms with E-state index >= 15 is 0 Å². The van der Waals surface area contributed by atoms with Crippen LogP contribution in [0.1, 0.15) is 36.6 Å². The molecule has 6 nitrogen and oxygen atoms in total. The second-order valence-corrected chi connectivity index (χ2v) is 7.88. The van der Waals surface area contributed by atoms with Crippen molar-refractivity contribution in [2.24, 2.45) is 4.99 Å². The largest absolute Gasteiger partial charge is 0.357 e. The van der Waals surface area contributed by atoms with Crippen LogP contribution in [0.15, 0.2) is 41.5 Å². The molecule has 3 rings (SSSR count). The molecule has 1 unspecified atom stereocenters. The average Bonchev–Trinajstić information content (AvgIpc) is 2.75. The van der Waals surface area contributed by atoms with Crippen molar-refractivity contribution >= 4 is 11.8 Å². The molecule has 0 bridgehead atoms. The molecule has 0 aliphatic carbocycles. The Morgan fingerprint density at radius 2 is 1.97 bits per heavy atom. The number of benzene rings is 1. The molecule has 162 valence electrons. The summed E-state index contributed by atoms with van der Waals surface area (Å²) in [5.74, 6) is 1.54. The summed E-state index contributed by atoms with van der Waals surface area (Å²) >= 11 is 0. The van der Waals surface area contributed by atoms with Gasteiger partial charge >= 0.3 is 0 Å². The molecule has 30 heavy (non-hydrogen) atoms. The Balaban J connectivity index is 1.61. The summed E-state index contributed by atoms with van der Waals surface area (Å²) in [7, 11) is 2.15. The Kier molecular flexibility index (Phi) is 7.63. The number of rotatable bonds is 6. The fourth-order valence-corrected chi connectivity index (χ4v) is 3.39. The van der Waals surface area contributed by atoms with E-state index in [0.29, 0.717) is 18.1 Å². The van der Waals surface area contributed by atoms with Gasteiger partial charge < -0.3 is 20.4 Å². The van der Waals surface area contributed by atoms with Gasteiger partial charge in [0.15, 0.2) is 5.96 Å². The van der Waals surface area contributed by atoms with Crippen LogP contribution >= 0.6 is 0 Å². The Morgan fingerprint density at radius 3 is 2.60 bits per heavy atom. The van der Waals surface area contributed by atoms with E-state index in [1.54, 1.807) is 19.1 Å². The number of aliphatic imine (C=N–C) groups is 1. The zero-order valence-electron chi connectivity index (χ0n) is 18.5. The maximum absolute atomic E-state index is 13.9. The molecule has 1 aromatic carbocycles. The average molecular weight is 413 g/mol. The number of anilines is 1. The summed E-state index contributed by atoms with van der Waals surface area (Å²) in [6, 6.07) is 9.44. The van der Waals surface area contributed by atoms with E-state index < -0.39 is 0 Å². The van der Waals surface area contributed by atoms with Crippen LogP contribution in [0.2, 0.25) is 0 Å². The van der Waals surface area contributed by atoms with Gasteiger partial charge in [0.25, 0.3) is 0 Å². The number of likely N-dealkylation sites (N-methyl/N-ethyl adjacent to an activating group) is 1. The van der Waals surface area contributed by atoms with Crippen LogP contribution in [0.4, 0.5) is 10.2 Å². The fraction of sp³-hybridized carbons (Fsp3) is 0.478. The van der Waals surface area contributed by atoms with Crippen molar-refractivity contribution in [2.75, 3.05) is 44.7 Å². The van der Waals surface area contributed by atoms with Crippen LogP contribution in [0.3, 0.4) is 0 Å². The molecule has 0 spiro atoms. The minimum Gasteiger partial charge on any atom is -0.357 e. The first-order valence-corrected chi connectivity index (χ1v) is 10.7. The second-order valence-electron chi connectivity index (χ2n) is 7.88. The molecule has 1 aromatic heterocycles. The topological polar surface area (TPSA) is 55.8 Å². The highest BCUT2D eigenvalue weighted by Crippen LogP contribution is 2.17. The third-order valence-corrected chi connectivity index (χ3v) is 5.45. The molecule has 0 amide bonds. The lowest BCUT2D eigenvalue weighted by Crippen LogP contribution is -2.44. The lowest BCUT2D eigenvalue weighted by molar-refractivity contribution is 0.312. The van der Waals surface area contributed by atoms with Crippen molar-refractivity contribution in [1.29, 1.82) is 0 Å². The van der Waals surface area contributed by atoms with Gasteiger partial charge in [0.2, 0.25) is 0 Å². The SMILES string of the molecule is CCNC(=NCc1ccc(N2CCN(C)CC2)nc1)NC(C)c1ccc(C)c(F)c1. The Bertz CT molecular complexity index is 843. The molecule has 2 heterocycles. The van der Waals surface area contributed by atoms with E-state index in [2.05, 4.69) is 49.6 Å². The molecule has 0 saturated carbocycles. The van der Waals surface area contributed by atoms with Crippen LogP contribution in [0.5, 0.6) is 0 Å². The monoisotopic (exact) mass is 412 g/mol. The predicted molar refractivity (Wildman–Crippen MR) is 121 cm³/mol. The Morgan fingerprint density at radius 1 is 1.20 bits per heavy atom.